The Morgan fingerprint density at radius 3 is 2.35 bits per heavy atom. The van der Waals surface area contributed by atoms with Crippen molar-refractivity contribution in [3.8, 4) is 11.5 Å². The van der Waals surface area contributed by atoms with Crippen molar-refractivity contribution in [3.05, 3.63) is 59.7 Å². The van der Waals surface area contributed by atoms with Gasteiger partial charge in [0.2, 0.25) is 0 Å². The fraction of sp³-hybridized carbons (Fsp3) is 0.250. The van der Waals surface area contributed by atoms with Gasteiger partial charge in [-0.3, -0.25) is 0 Å². The van der Waals surface area contributed by atoms with Crippen LogP contribution in [-0.2, 0) is 0 Å². The number of phenols is 1. The molecule has 0 aromatic heterocycles. The lowest BCUT2D eigenvalue weighted by molar-refractivity contribution is 0.258. The number of benzene rings is 2. The van der Waals surface area contributed by atoms with Crippen molar-refractivity contribution >= 4 is 0 Å². The minimum atomic E-state index is -0.114. The van der Waals surface area contributed by atoms with Crippen molar-refractivity contribution in [1.29, 1.82) is 0 Å². The summed E-state index contributed by atoms with van der Waals surface area (Å²) < 4.78 is 5.13. The fourth-order valence-corrected chi connectivity index (χ4v) is 2.12. The molecule has 0 aliphatic carbocycles. The third-order valence-corrected chi connectivity index (χ3v) is 3.07. The molecule has 0 spiro atoms. The number of hydrogen-bond acceptors (Lipinski definition) is 4. The zero-order valence-electron chi connectivity index (χ0n) is 12.0. The summed E-state index contributed by atoms with van der Waals surface area (Å²) in [5, 5.41) is 12.1. The van der Waals surface area contributed by atoms with Gasteiger partial charge in [-0.2, -0.15) is 0 Å². The number of phenolic OH excluding ortho intramolecular Hbond substituents is 1. The Hall–Kier alpha value is -2.04. The Bertz CT molecular complexity index is 556. The normalized spacial score (nSPS) is 12.4. The van der Waals surface area contributed by atoms with Gasteiger partial charge in [-0.1, -0.05) is 30.3 Å². The molecule has 106 valence electrons. The molecule has 0 radical (unpaired) electrons. The first-order chi connectivity index (χ1) is 9.61. The summed E-state index contributed by atoms with van der Waals surface area (Å²) in [6, 6.07) is 15.3. The van der Waals surface area contributed by atoms with Crippen molar-refractivity contribution in [2.24, 2.45) is 0 Å². The summed E-state index contributed by atoms with van der Waals surface area (Å²) >= 11 is 0. The summed E-state index contributed by atoms with van der Waals surface area (Å²) in [5.41, 5.74) is 5.22. The van der Waals surface area contributed by atoms with Crippen LogP contribution in [0.3, 0.4) is 0 Å². The average Bonchev–Trinajstić information content (AvgIpc) is 2.45. The summed E-state index contributed by atoms with van der Waals surface area (Å²) in [4.78, 5) is 0. The van der Waals surface area contributed by atoms with E-state index in [1.165, 1.54) is 0 Å². The van der Waals surface area contributed by atoms with Crippen LogP contribution < -0.4 is 10.2 Å². The second-order valence-corrected chi connectivity index (χ2v) is 4.79. The Balaban J connectivity index is 2.41. The molecule has 2 N–H and O–H groups in total. The van der Waals surface area contributed by atoms with Gasteiger partial charge in [0.15, 0.2) is 0 Å². The van der Waals surface area contributed by atoms with Gasteiger partial charge in [-0.05, 0) is 17.7 Å². The monoisotopic (exact) mass is 272 g/mol. The molecule has 2 rings (SSSR count). The Kier molecular flexibility index (Phi) is 4.61. The number of aromatic hydroxyl groups is 1. The third-order valence-electron chi connectivity index (χ3n) is 3.07. The highest BCUT2D eigenvalue weighted by atomic mass is 16.5. The van der Waals surface area contributed by atoms with E-state index in [-0.39, 0.29) is 11.8 Å². The molecule has 0 bridgehead atoms. The molecule has 0 saturated heterocycles. The smallest absolute Gasteiger partial charge is 0.124 e. The topological polar surface area (TPSA) is 44.7 Å². The molecule has 0 aliphatic rings. The van der Waals surface area contributed by atoms with E-state index in [0.717, 1.165) is 11.1 Å². The van der Waals surface area contributed by atoms with Crippen LogP contribution in [0.2, 0.25) is 0 Å². The molecule has 1 unspecified atom stereocenters. The van der Waals surface area contributed by atoms with E-state index in [1.54, 1.807) is 13.2 Å². The highest BCUT2D eigenvalue weighted by Gasteiger charge is 2.18. The molecule has 4 heteroatoms. The first-order valence-electron chi connectivity index (χ1n) is 6.47. The largest absolute Gasteiger partial charge is 0.507 e. The van der Waals surface area contributed by atoms with E-state index in [1.807, 2.05) is 61.6 Å². The summed E-state index contributed by atoms with van der Waals surface area (Å²) in [5.74, 6) is 0.857. The van der Waals surface area contributed by atoms with Crippen LogP contribution in [0.5, 0.6) is 11.5 Å². The molecule has 0 fully saturated rings. The molecule has 0 saturated carbocycles. The van der Waals surface area contributed by atoms with Crippen molar-refractivity contribution in [2.75, 3.05) is 21.2 Å². The van der Waals surface area contributed by atoms with Crippen LogP contribution in [0, 0.1) is 0 Å². The van der Waals surface area contributed by atoms with Gasteiger partial charge in [0.25, 0.3) is 0 Å². The van der Waals surface area contributed by atoms with E-state index in [0.29, 0.717) is 5.75 Å². The van der Waals surface area contributed by atoms with Crippen molar-refractivity contribution in [3.63, 3.8) is 0 Å². The van der Waals surface area contributed by atoms with Crippen molar-refractivity contribution < 1.29 is 9.84 Å². The summed E-state index contributed by atoms with van der Waals surface area (Å²) in [6.07, 6.45) is 0. The SMILES string of the molecule is COc1ccc(C(NN(C)C)c2ccccc2)c(O)c1. The Labute approximate surface area is 119 Å². The van der Waals surface area contributed by atoms with Gasteiger partial charge < -0.3 is 9.84 Å². The minimum absolute atomic E-state index is 0.114. The van der Waals surface area contributed by atoms with E-state index >= 15 is 0 Å². The fourth-order valence-electron chi connectivity index (χ4n) is 2.12. The van der Waals surface area contributed by atoms with Crippen LogP contribution in [0.15, 0.2) is 48.5 Å². The molecule has 1 atom stereocenters. The predicted molar refractivity (Wildman–Crippen MR) is 79.8 cm³/mol. The maximum absolute atomic E-state index is 10.2. The van der Waals surface area contributed by atoms with Gasteiger partial charge >= 0.3 is 0 Å². The number of hydrazine groups is 1. The van der Waals surface area contributed by atoms with E-state index in [2.05, 4.69) is 5.43 Å². The second-order valence-electron chi connectivity index (χ2n) is 4.79. The van der Waals surface area contributed by atoms with Gasteiger partial charge in [-0.25, -0.2) is 10.4 Å². The van der Waals surface area contributed by atoms with Gasteiger partial charge in [0.05, 0.1) is 13.2 Å². The molecule has 0 aliphatic heterocycles. The first kappa shape index (κ1) is 14.4. The molecule has 0 amide bonds. The van der Waals surface area contributed by atoms with Gasteiger partial charge in [0.1, 0.15) is 11.5 Å². The zero-order chi connectivity index (χ0) is 14.5. The number of rotatable bonds is 5. The van der Waals surface area contributed by atoms with Crippen LogP contribution in [0.1, 0.15) is 17.2 Å². The highest BCUT2D eigenvalue weighted by Crippen LogP contribution is 2.32. The van der Waals surface area contributed by atoms with Crippen LogP contribution in [-0.4, -0.2) is 31.3 Å². The van der Waals surface area contributed by atoms with Crippen molar-refractivity contribution in [1.82, 2.24) is 10.4 Å². The summed E-state index contributed by atoms with van der Waals surface area (Å²) in [6.45, 7) is 0. The Morgan fingerprint density at radius 2 is 1.80 bits per heavy atom. The van der Waals surface area contributed by atoms with Crippen LogP contribution >= 0.6 is 0 Å². The van der Waals surface area contributed by atoms with Gasteiger partial charge in [-0.15, -0.1) is 0 Å². The maximum atomic E-state index is 10.2. The lowest BCUT2D eigenvalue weighted by Gasteiger charge is -2.24. The number of nitrogens with zero attached hydrogens (tertiary/aromatic N) is 1. The van der Waals surface area contributed by atoms with Crippen LogP contribution in [0.4, 0.5) is 0 Å². The predicted octanol–water partition coefficient (Wildman–Crippen LogP) is 2.56. The summed E-state index contributed by atoms with van der Waals surface area (Å²) in [7, 11) is 5.44. The third kappa shape index (κ3) is 3.29. The molecule has 4 nitrogen and oxygen atoms in total. The van der Waals surface area contributed by atoms with Crippen LogP contribution in [0.25, 0.3) is 0 Å². The molecular weight excluding hydrogens is 252 g/mol. The maximum Gasteiger partial charge on any atom is 0.124 e. The standard InChI is InChI=1S/C16H20N2O2/c1-18(2)17-16(12-7-5-4-6-8-12)14-10-9-13(20-3)11-15(14)19/h4-11,16-17,19H,1-3H3. The quantitative estimate of drug-likeness (QED) is 0.821. The number of hydrogen-bond donors (Lipinski definition) is 2. The molecule has 2 aromatic carbocycles. The average molecular weight is 272 g/mol. The minimum Gasteiger partial charge on any atom is -0.507 e. The van der Waals surface area contributed by atoms with E-state index < -0.39 is 0 Å². The molecule has 0 heterocycles. The first-order valence-corrected chi connectivity index (χ1v) is 6.47. The highest BCUT2D eigenvalue weighted by molar-refractivity contribution is 5.45. The lowest BCUT2D eigenvalue weighted by Crippen LogP contribution is -2.34. The van der Waals surface area contributed by atoms with E-state index in [9.17, 15) is 5.11 Å². The number of ether oxygens (including phenoxy) is 1. The van der Waals surface area contributed by atoms with Crippen molar-refractivity contribution in [2.45, 2.75) is 6.04 Å². The molecule has 20 heavy (non-hydrogen) atoms. The lowest BCUT2D eigenvalue weighted by atomic mass is 9.98. The van der Waals surface area contributed by atoms with E-state index in [4.69, 9.17) is 4.74 Å². The molecular formula is C16H20N2O2. The second kappa shape index (κ2) is 6.41. The zero-order valence-corrected chi connectivity index (χ0v) is 12.0. The molecule has 2 aromatic rings. The van der Waals surface area contributed by atoms with Gasteiger partial charge in [0, 0.05) is 25.7 Å². The Morgan fingerprint density at radius 1 is 1.10 bits per heavy atom. The number of nitrogens with one attached hydrogen (secondary N) is 1. The number of methoxy groups -OCH3 is 1.